The number of nitrogens with zero attached hydrogens (tertiary/aromatic N) is 2. The molecule has 0 unspecified atom stereocenters. The van der Waals surface area contributed by atoms with Crippen LogP contribution in [0.25, 0.3) is 16.9 Å². The van der Waals surface area contributed by atoms with Crippen molar-refractivity contribution < 1.29 is 0 Å². The summed E-state index contributed by atoms with van der Waals surface area (Å²) in [5.74, 6) is 0. The lowest BCUT2D eigenvalue weighted by Crippen LogP contribution is -1.94. The van der Waals surface area contributed by atoms with E-state index < -0.39 is 0 Å². The normalized spacial score (nSPS) is 10.8. The first kappa shape index (κ1) is 14.4. The standard InChI is InChI=1S/C15H10BrCl2N3/c16-10-2-1-3-11(7-10)21-8-14(19)15(20-21)9-4-5-12(17)13(18)6-9/h1-8H,19H2. The largest absolute Gasteiger partial charge is 0.396 e. The van der Waals surface area contributed by atoms with Crippen LogP contribution < -0.4 is 5.73 Å². The zero-order valence-electron chi connectivity index (χ0n) is 10.7. The number of benzene rings is 2. The molecule has 1 heterocycles. The van der Waals surface area contributed by atoms with E-state index in [1.165, 1.54) is 0 Å². The van der Waals surface area contributed by atoms with E-state index in [1.807, 2.05) is 30.3 Å². The second-order valence-electron chi connectivity index (χ2n) is 4.49. The number of anilines is 1. The quantitative estimate of drug-likeness (QED) is 0.662. The summed E-state index contributed by atoms with van der Waals surface area (Å²) in [5, 5.41) is 5.51. The number of nitrogens with two attached hydrogens (primary N) is 1. The molecular formula is C15H10BrCl2N3. The summed E-state index contributed by atoms with van der Waals surface area (Å²) in [5.41, 5.74) is 9.07. The number of nitrogen functional groups attached to an aromatic ring is 1. The SMILES string of the molecule is Nc1cn(-c2cccc(Br)c2)nc1-c1ccc(Cl)c(Cl)c1. The minimum absolute atomic E-state index is 0.477. The summed E-state index contributed by atoms with van der Waals surface area (Å²) in [7, 11) is 0. The van der Waals surface area contributed by atoms with Crippen molar-refractivity contribution in [2.24, 2.45) is 0 Å². The van der Waals surface area contributed by atoms with Gasteiger partial charge in [-0.1, -0.05) is 51.3 Å². The van der Waals surface area contributed by atoms with Gasteiger partial charge in [-0.15, -0.1) is 0 Å². The third-order valence-electron chi connectivity index (χ3n) is 3.01. The van der Waals surface area contributed by atoms with E-state index in [0.29, 0.717) is 21.4 Å². The number of aromatic nitrogens is 2. The summed E-state index contributed by atoms with van der Waals surface area (Å²) in [4.78, 5) is 0. The third kappa shape index (κ3) is 2.93. The molecule has 3 rings (SSSR count). The fourth-order valence-electron chi connectivity index (χ4n) is 2.01. The Bertz CT molecular complexity index is 814. The Labute approximate surface area is 140 Å². The molecule has 0 saturated carbocycles. The van der Waals surface area contributed by atoms with Crippen LogP contribution in [0, 0.1) is 0 Å². The average Bonchev–Trinajstić information content (AvgIpc) is 2.84. The molecule has 0 bridgehead atoms. The summed E-state index contributed by atoms with van der Waals surface area (Å²) in [6.45, 7) is 0. The predicted octanol–water partition coefficient (Wildman–Crippen LogP) is 5.19. The molecule has 0 saturated heterocycles. The third-order valence-corrected chi connectivity index (χ3v) is 4.24. The molecule has 0 radical (unpaired) electrons. The van der Waals surface area contributed by atoms with Crippen LogP contribution in [-0.4, -0.2) is 9.78 Å². The average molecular weight is 383 g/mol. The fraction of sp³-hybridized carbons (Fsp3) is 0. The van der Waals surface area contributed by atoms with Gasteiger partial charge in [0.05, 0.1) is 27.6 Å². The Kier molecular flexibility index (Phi) is 3.93. The Hall–Kier alpha value is -1.49. The van der Waals surface area contributed by atoms with Crippen molar-refractivity contribution in [2.45, 2.75) is 0 Å². The van der Waals surface area contributed by atoms with Crippen molar-refractivity contribution >= 4 is 44.8 Å². The number of rotatable bonds is 2. The highest BCUT2D eigenvalue weighted by molar-refractivity contribution is 9.10. The van der Waals surface area contributed by atoms with Crippen molar-refractivity contribution in [3.8, 4) is 16.9 Å². The van der Waals surface area contributed by atoms with Crippen molar-refractivity contribution in [2.75, 3.05) is 5.73 Å². The maximum Gasteiger partial charge on any atom is 0.116 e. The summed E-state index contributed by atoms with van der Waals surface area (Å²) in [6.07, 6.45) is 1.78. The molecule has 2 aromatic carbocycles. The van der Waals surface area contributed by atoms with Gasteiger partial charge in [0.25, 0.3) is 0 Å². The summed E-state index contributed by atoms with van der Waals surface area (Å²) in [6, 6.07) is 13.1. The molecule has 0 fully saturated rings. The Morgan fingerprint density at radius 1 is 1.05 bits per heavy atom. The van der Waals surface area contributed by atoms with Crippen molar-refractivity contribution in [1.29, 1.82) is 0 Å². The number of hydrogen-bond acceptors (Lipinski definition) is 2. The zero-order valence-corrected chi connectivity index (χ0v) is 13.8. The number of hydrogen-bond donors (Lipinski definition) is 1. The number of halogens is 3. The Morgan fingerprint density at radius 2 is 1.86 bits per heavy atom. The predicted molar refractivity (Wildman–Crippen MR) is 91.1 cm³/mol. The zero-order chi connectivity index (χ0) is 15.0. The van der Waals surface area contributed by atoms with Crippen LogP contribution in [0.5, 0.6) is 0 Å². The highest BCUT2D eigenvalue weighted by atomic mass is 79.9. The highest BCUT2D eigenvalue weighted by Crippen LogP contribution is 2.31. The van der Waals surface area contributed by atoms with Crippen molar-refractivity contribution in [3.05, 3.63) is 63.2 Å². The van der Waals surface area contributed by atoms with Gasteiger partial charge in [0.1, 0.15) is 5.69 Å². The van der Waals surface area contributed by atoms with E-state index in [0.717, 1.165) is 15.7 Å². The lowest BCUT2D eigenvalue weighted by atomic mass is 10.1. The first-order valence-corrected chi connectivity index (χ1v) is 7.66. The van der Waals surface area contributed by atoms with E-state index >= 15 is 0 Å². The molecule has 0 aliphatic rings. The molecule has 0 aliphatic heterocycles. The molecule has 106 valence electrons. The van der Waals surface area contributed by atoms with Gasteiger partial charge >= 0.3 is 0 Å². The first-order chi connectivity index (χ1) is 10.0. The van der Waals surface area contributed by atoms with E-state index in [-0.39, 0.29) is 0 Å². The lowest BCUT2D eigenvalue weighted by Gasteiger charge is -2.02. The topological polar surface area (TPSA) is 43.8 Å². The minimum atomic E-state index is 0.477. The maximum atomic E-state index is 6.07. The van der Waals surface area contributed by atoms with Crippen LogP contribution in [0.4, 0.5) is 5.69 Å². The van der Waals surface area contributed by atoms with E-state index in [1.54, 1.807) is 23.0 Å². The first-order valence-electron chi connectivity index (χ1n) is 6.11. The molecule has 21 heavy (non-hydrogen) atoms. The van der Waals surface area contributed by atoms with Gasteiger partial charge in [-0.3, -0.25) is 0 Å². The van der Waals surface area contributed by atoms with Gasteiger partial charge in [-0.05, 0) is 30.3 Å². The lowest BCUT2D eigenvalue weighted by molar-refractivity contribution is 0.884. The molecule has 3 nitrogen and oxygen atoms in total. The van der Waals surface area contributed by atoms with Crippen molar-refractivity contribution in [3.63, 3.8) is 0 Å². The summed E-state index contributed by atoms with van der Waals surface area (Å²) < 4.78 is 2.71. The van der Waals surface area contributed by atoms with Crippen LogP contribution in [0.2, 0.25) is 10.0 Å². The molecule has 0 spiro atoms. The smallest absolute Gasteiger partial charge is 0.116 e. The molecule has 0 aliphatic carbocycles. The van der Waals surface area contributed by atoms with E-state index in [2.05, 4.69) is 21.0 Å². The van der Waals surface area contributed by atoms with E-state index in [9.17, 15) is 0 Å². The van der Waals surface area contributed by atoms with Gasteiger partial charge in [-0.2, -0.15) is 5.10 Å². The molecule has 2 N–H and O–H groups in total. The van der Waals surface area contributed by atoms with Gasteiger partial charge in [-0.25, -0.2) is 4.68 Å². The second-order valence-corrected chi connectivity index (χ2v) is 6.22. The van der Waals surface area contributed by atoms with Gasteiger partial charge in [0.2, 0.25) is 0 Å². The van der Waals surface area contributed by atoms with Crippen LogP contribution in [0.15, 0.2) is 53.1 Å². The highest BCUT2D eigenvalue weighted by Gasteiger charge is 2.11. The van der Waals surface area contributed by atoms with Gasteiger partial charge < -0.3 is 5.73 Å². The molecule has 1 aromatic heterocycles. The van der Waals surface area contributed by atoms with Gasteiger partial charge in [0.15, 0.2) is 0 Å². The molecule has 6 heteroatoms. The van der Waals surface area contributed by atoms with Gasteiger partial charge in [0, 0.05) is 10.0 Å². The Morgan fingerprint density at radius 3 is 2.57 bits per heavy atom. The molecular weight excluding hydrogens is 373 g/mol. The molecule has 0 amide bonds. The monoisotopic (exact) mass is 381 g/mol. The molecule has 0 atom stereocenters. The molecule has 3 aromatic rings. The summed E-state index contributed by atoms with van der Waals surface area (Å²) >= 11 is 15.4. The van der Waals surface area contributed by atoms with Crippen LogP contribution in [0.1, 0.15) is 0 Å². The minimum Gasteiger partial charge on any atom is -0.396 e. The fourth-order valence-corrected chi connectivity index (χ4v) is 2.69. The van der Waals surface area contributed by atoms with Crippen LogP contribution in [0.3, 0.4) is 0 Å². The van der Waals surface area contributed by atoms with Crippen LogP contribution in [-0.2, 0) is 0 Å². The van der Waals surface area contributed by atoms with E-state index in [4.69, 9.17) is 28.9 Å². The van der Waals surface area contributed by atoms with Crippen LogP contribution >= 0.6 is 39.1 Å². The Balaban J connectivity index is 2.07. The van der Waals surface area contributed by atoms with Crippen molar-refractivity contribution in [1.82, 2.24) is 9.78 Å². The second kappa shape index (κ2) is 5.72. The maximum absolute atomic E-state index is 6.07.